The zero-order valence-corrected chi connectivity index (χ0v) is 12.0. The van der Waals surface area contributed by atoms with Gasteiger partial charge in [-0.15, -0.1) is 0 Å². The summed E-state index contributed by atoms with van der Waals surface area (Å²) in [7, 11) is -0.581. The first-order valence-corrected chi connectivity index (χ1v) is 6.43. The number of aromatic nitrogens is 1. The normalized spacial score (nSPS) is 20.4. The molecule has 2 rings (SSSR count). The van der Waals surface area contributed by atoms with Crippen molar-refractivity contribution in [3.05, 3.63) is 18.5 Å². The molecular formula is C13H18BF2NO3. The number of pyridine rings is 1. The van der Waals surface area contributed by atoms with Crippen molar-refractivity contribution in [1.29, 1.82) is 0 Å². The summed E-state index contributed by atoms with van der Waals surface area (Å²) in [6.07, 6.45) is 0.449. The second-order valence-electron chi connectivity index (χ2n) is 5.74. The van der Waals surface area contributed by atoms with Gasteiger partial charge in [-0.3, -0.25) is 4.98 Å². The van der Waals surface area contributed by atoms with Gasteiger partial charge in [0.15, 0.2) is 0 Å². The number of rotatable bonds is 4. The summed E-state index contributed by atoms with van der Waals surface area (Å²) in [5.41, 5.74) is -0.273. The minimum atomic E-state index is -2.52. The smallest absolute Gasteiger partial charge is 0.486 e. The minimum Gasteiger partial charge on any atom is -0.486 e. The van der Waals surface area contributed by atoms with Crippen LogP contribution in [0.5, 0.6) is 5.75 Å². The quantitative estimate of drug-likeness (QED) is 0.794. The molecule has 0 amide bonds. The van der Waals surface area contributed by atoms with Crippen molar-refractivity contribution in [3.63, 3.8) is 0 Å². The van der Waals surface area contributed by atoms with Crippen molar-refractivity contribution < 1.29 is 22.8 Å². The average molecular weight is 285 g/mol. The Morgan fingerprint density at radius 1 is 1.20 bits per heavy atom. The van der Waals surface area contributed by atoms with Gasteiger partial charge in [-0.2, -0.15) is 0 Å². The summed E-state index contributed by atoms with van der Waals surface area (Å²) in [6, 6.07) is 1.61. The Morgan fingerprint density at radius 3 is 2.35 bits per heavy atom. The van der Waals surface area contributed by atoms with Crippen LogP contribution in [0.15, 0.2) is 18.5 Å². The van der Waals surface area contributed by atoms with Gasteiger partial charge < -0.3 is 14.0 Å². The average Bonchev–Trinajstić information content (AvgIpc) is 2.56. The number of ether oxygens (including phenoxy) is 1. The molecule has 0 saturated carbocycles. The van der Waals surface area contributed by atoms with Crippen LogP contribution < -0.4 is 10.2 Å². The van der Waals surface area contributed by atoms with Crippen LogP contribution in [0.3, 0.4) is 0 Å². The first kappa shape index (κ1) is 15.2. The first-order chi connectivity index (χ1) is 9.21. The Morgan fingerprint density at radius 2 is 1.80 bits per heavy atom. The number of hydrogen-bond donors (Lipinski definition) is 0. The van der Waals surface area contributed by atoms with Crippen molar-refractivity contribution in [2.45, 2.75) is 45.3 Å². The maximum Gasteiger partial charge on any atom is 0.496 e. The Kier molecular flexibility index (Phi) is 4.02. The topological polar surface area (TPSA) is 40.6 Å². The number of halogens is 2. The second kappa shape index (κ2) is 5.29. The molecule has 1 aromatic heterocycles. The molecule has 0 spiro atoms. The molecule has 0 aromatic carbocycles. The molecule has 110 valence electrons. The van der Waals surface area contributed by atoms with Crippen LogP contribution in [0.1, 0.15) is 27.7 Å². The zero-order valence-electron chi connectivity index (χ0n) is 12.0. The molecule has 0 atom stereocenters. The highest BCUT2D eigenvalue weighted by atomic mass is 19.3. The Balaban J connectivity index is 2.12. The predicted molar refractivity (Wildman–Crippen MR) is 71.5 cm³/mol. The van der Waals surface area contributed by atoms with E-state index < -0.39 is 31.4 Å². The van der Waals surface area contributed by atoms with Crippen LogP contribution in [-0.2, 0) is 9.31 Å². The molecule has 20 heavy (non-hydrogen) atoms. The Hall–Kier alpha value is -1.21. The van der Waals surface area contributed by atoms with Gasteiger partial charge in [-0.25, -0.2) is 8.78 Å². The van der Waals surface area contributed by atoms with Gasteiger partial charge in [-0.1, -0.05) is 0 Å². The Labute approximate surface area is 117 Å². The lowest BCUT2D eigenvalue weighted by molar-refractivity contribution is 0.00578. The molecule has 1 aliphatic rings. The lowest BCUT2D eigenvalue weighted by Crippen LogP contribution is -2.41. The maximum atomic E-state index is 12.1. The monoisotopic (exact) mass is 285 g/mol. The largest absolute Gasteiger partial charge is 0.496 e. The number of nitrogens with zero attached hydrogens (tertiary/aromatic N) is 1. The van der Waals surface area contributed by atoms with Crippen molar-refractivity contribution in [3.8, 4) is 5.75 Å². The van der Waals surface area contributed by atoms with Crippen LogP contribution in [0.4, 0.5) is 8.78 Å². The van der Waals surface area contributed by atoms with Gasteiger partial charge in [0.1, 0.15) is 12.4 Å². The van der Waals surface area contributed by atoms with E-state index in [4.69, 9.17) is 14.0 Å². The molecule has 0 aliphatic carbocycles. The molecule has 0 bridgehead atoms. The standard InChI is InChI=1S/C13H18BF2NO3/c1-12(2)13(3,4)20-14(19-12)9-5-10(7-17-6-9)18-8-11(15)16/h5-7,11H,8H2,1-4H3. The van der Waals surface area contributed by atoms with Crippen LogP contribution in [0.25, 0.3) is 0 Å². The van der Waals surface area contributed by atoms with Gasteiger partial charge in [0.05, 0.1) is 17.4 Å². The van der Waals surface area contributed by atoms with Gasteiger partial charge in [-0.05, 0) is 33.8 Å². The van der Waals surface area contributed by atoms with E-state index in [2.05, 4.69) is 4.98 Å². The van der Waals surface area contributed by atoms with Crippen molar-refractivity contribution in [2.24, 2.45) is 0 Å². The SMILES string of the molecule is CC1(C)OB(c2cncc(OCC(F)F)c2)OC1(C)C. The molecule has 0 radical (unpaired) electrons. The highest BCUT2D eigenvalue weighted by molar-refractivity contribution is 6.62. The highest BCUT2D eigenvalue weighted by Crippen LogP contribution is 2.36. The third-order valence-corrected chi connectivity index (χ3v) is 3.64. The van der Waals surface area contributed by atoms with Crippen LogP contribution in [0.2, 0.25) is 0 Å². The van der Waals surface area contributed by atoms with E-state index in [1.807, 2.05) is 27.7 Å². The van der Waals surface area contributed by atoms with E-state index in [0.29, 0.717) is 5.46 Å². The van der Waals surface area contributed by atoms with E-state index in [1.54, 1.807) is 12.3 Å². The lowest BCUT2D eigenvalue weighted by Gasteiger charge is -2.32. The Bertz CT molecular complexity index is 466. The van der Waals surface area contributed by atoms with Crippen molar-refractivity contribution >= 4 is 12.6 Å². The fourth-order valence-corrected chi connectivity index (χ4v) is 1.78. The molecule has 0 N–H and O–H groups in total. The molecule has 2 heterocycles. The fraction of sp³-hybridized carbons (Fsp3) is 0.615. The molecule has 1 saturated heterocycles. The summed E-state index contributed by atoms with van der Waals surface area (Å²) in [5, 5.41) is 0. The highest BCUT2D eigenvalue weighted by Gasteiger charge is 2.51. The summed E-state index contributed by atoms with van der Waals surface area (Å²) in [5.74, 6) is 0.275. The summed E-state index contributed by atoms with van der Waals surface area (Å²) in [6.45, 7) is 7.11. The van der Waals surface area contributed by atoms with E-state index in [-0.39, 0.29) is 5.75 Å². The van der Waals surface area contributed by atoms with Gasteiger partial charge in [0.25, 0.3) is 6.43 Å². The van der Waals surface area contributed by atoms with Gasteiger partial charge in [0.2, 0.25) is 0 Å². The molecular weight excluding hydrogens is 267 g/mol. The lowest BCUT2D eigenvalue weighted by atomic mass is 9.80. The van der Waals surface area contributed by atoms with E-state index in [0.717, 1.165) is 0 Å². The summed E-state index contributed by atoms with van der Waals surface area (Å²) >= 11 is 0. The zero-order chi connectivity index (χ0) is 15.0. The van der Waals surface area contributed by atoms with Crippen molar-refractivity contribution in [2.75, 3.05) is 6.61 Å². The molecule has 1 aliphatic heterocycles. The molecule has 0 unspecified atom stereocenters. The van der Waals surface area contributed by atoms with Gasteiger partial charge >= 0.3 is 7.12 Å². The third-order valence-electron chi connectivity index (χ3n) is 3.64. The molecule has 4 nitrogen and oxygen atoms in total. The maximum absolute atomic E-state index is 12.1. The summed E-state index contributed by atoms with van der Waals surface area (Å²) in [4.78, 5) is 3.97. The molecule has 7 heteroatoms. The number of alkyl halides is 2. The number of hydrogen-bond acceptors (Lipinski definition) is 4. The minimum absolute atomic E-state index is 0.275. The molecule has 1 fully saturated rings. The first-order valence-electron chi connectivity index (χ1n) is 6.43. The van der Waals surface area contributed by atoms with E-state index in [1.165, 1.54) is 6.20 Å². The van der Waals surface area contributed by atoms with E-state index in [9.17, 15) is 8.78 Å². The van der Waals surface area contributed by atoms with Crippen LogP contribution in [0, 0.1) is 0 Å². The van der Waals surface area contributed by atoms with Crippen LogP contribution in [-0.4, -0.2) is 36.3 Å². The second-order valence-corrected chi connectivity index (χ2v) is 5.74. The molecule has 1 aromatic rings. The summed E-state index contributed by atoms with van der Waals surface area (Å²) < 4.78 is 40.9. The third kappa shape index (κ3) is 3.09. The van der Waals surface area contributed by atoms with Crippen LogP contribution >= 0.6 is 0 Å². The van der Waals surface area contributed by atoms with Crippen molar-refractivity contribution in [1.82, 2.24) is 4.98 Å². The van der Waals surface area contributed by atoms with E-state index >= 15 is 0 Å². The predicted octanol–water partition coefficient (Wildman–Crippen LogP) is 2.02. The fourth-order valence-electron chi connectivity index (χ4n) is 1.78. The van der Waals surface area contributed by atoms with Gasteiger partial charge in [0, 0.05) is 11.7 Å².